The maximum atomic E-state index is 12.8. The van der Waals surface area contributed by atoms with Gasteiger partial charge >= 0.3 is 0 Å². The van der Waals surface area contributed by atoms with Gasteiger partial charge in [0, 0.05) is 46.4 Å². The van der Waals surface area contributed by atoms with Crippen molar-refractivity contribution in [1.82, 2.24) is 14.5 Å². The molecule has 150 valence electrons. The fraction of sp³-hybridized carbons (Fsp3) is 0.286. The quantitative estimate of drug-likeness (QED) is 0.611. The number of likely N-dealkylation sites (tertiary alicyclic amines) is 1. The fourth-order valence-electron chi connectivity index (χ4n) is 3.61. The van der Waals surface area contributed by atoms with Crippen LogP contribution in [0.1, 0.15) is 12.8 Å². The molecular formula is C21H20BrClN4O2. The number of amides is 2. The van der Waals surface area contributed by atoms with Crippen LogP contribution in [0.25, 0.3) is 10.9 Å². The first-order valence-electron chi connectivity index (χ1n) is 9.44. The summed E-state index contributed by atoms with van der Waals surface area (Å²) >= 11 is 9.42. The lowest BCUT2D eigenvalue weighted by molar-refractivity contribution is -0.135. The number of benzene rings is 1. The third-order valence-electron chi connectivity index (χ3n) is 5.24. The number of rotatable bonds is 4. The normalized spacial score (nSPS) is 14.9. The molecule has 3 aromatic rings. The van der Waals surface area contributed by atoms with Gasteiger partial charge in [-0.1, -0.05) is 17.7 Å². The van der Waals surface area contributed by atoms with Crippen LogP contribution in [-0.2, 0) is 16.1 Å². The van der Waals surface area contributed by atoms with Gasteiger partial charge in [-0.3, -0.25) is 9.59 Å². The molecular weight excluding hydrogens is 456 g/mol. The topological polar surface area (TPSA) is 67.2 Å². The van der Waals surface area contributed by atoms with Crippen molar-refractivity contribution >= 4 is 56.1 Å². The Bertz CT molecular complexity index is 1040. The predicted molar refractivity (Wildman–Crippen MR) is 117 cm³/mol. The molecule has 2 aromatic heterocycles. The van der Waals surface area contributed by atoms with Crippen LogP contribution < -0.4 is 5.32 Å². The lowest BCUT2D eigenvalue weighted by atomic mass is 9.96. The largest absolute Gasteiger partial charge is 0.341 e. The second-order valence-corrected chi connectivity index (χ2v) is 8.50. The van der Waals surface area contributed by atoms with E-state index in [1.54, 1.807) is 12.3 Å². The van der Waals surface area contributed by atoms with E-state index < -0.39 is 0 Å². The van der Waals surface area contributed by atoms with E-state index in [0.717, 1.165) is 15.4 Å². The average Bonchev–Trinajstić information content (AvgIpc) is 3.11. The maximum absolute atomic E-state index is 12.8. The summed E-state index contributed by atoms with van der Waals surface area (Å²) < 4.78 is 2.78. The lowest BCUT2D eigenvalue weighted by Gasteiger charge is -2.31. The van der Waals surface area contributed by atoms with E-state index in [4.69, 9.17) is 11.6 Å². The highest BCUT2D eigenvalue weighted by atomic mass is 79.9. The van der Waals surface area contributed by atoms with Crippen molar-refractivity contribution in [3.05, 3.63) is 58.3 Å². The van der Waals surface area contributed by atoms with Crippen LogP contribution in [0, 0.1) is 5.92 Å². The van der Waals surface area contributed by atoms with Gasteiger partial charge in [-0.15, -0.1) is 0 Å². The molecule has 1 saturated heterocycles. The maximum Gasteiger partial charge on any atom is 0.242 e. The molecule has 0 atom stereocenters. The minimum atomic E-state index is -0.115. The molecule has 1 aliphatic rings. The number of carbonyl (C=O) groups excluding carboxylic acids is 2. The highest BCUT2D eigenvalue weighted by molar-refractivity contribution is 9.10. The van der Waals surface area contributed by atoms with Crippen LogP contribution in [0.2, 0.25) is 5.02 Å². The fourth-order valence-corrected chi connectivity index (χ4v) is 4.01. The van der Waals surface area contributed by atoms with E-state index in [1.165, 1.54) is 0 Å². The number of piperidine rings is 1. The molecule has 1 fully saturated rings. The molecule has 0 saturated carbocycles. The summed E-state index contributed by atoms with van der Waals surface area (Å²) in [6.07, 6.45) is 4.85. The van der Waals surface area contributed by atoms with E-state index in [2.05, 4.69) is 26.2 Å². The van der Waals surface area contributed by atoms with Gasteiger partial charge in [0.05, 0.1) is 0 Å². The van der Waals surface area contributed by atoms with E-state index >= 15 is 0 Å². The first-order valence-corrected chi connectivity index (χ1v) is 10.6. The summed E-state index contributed by atoms with van der Waals surface area (Å²) in [7, 11) is 0. The molecule has 1 aromatic carbocycles. The first kappa shape index (κ1) is 19.9. The summed E-state index contributed by atoms with van der Waals surface area (Å²) in [6, 6.07) is 11.2. The van der Waals surface area contributed by atoms with Crippen molar-refractivity contribution < 1.29 is 9.59 Å². The first-order chi connectivity index (χ1) is 14.0. The molecule has 6 nitrogen and oxygen atoms in total. The number of hydrogen-bond acceptors (Lipinski definition) is 3. The van der Waals surface area contributed by atoms with Crippen LogP contribution >= 0.6 is 27.5 Å². The minimum absolute atomic E-state index is 0.0435. The van der Waals surface area contributed by atoms with Crippen LogP contribution in [0.4, 0.5) is 5.82 Å². The standard InChI is InChI=1S/C21H20BrClN4O2/c22-16-2-4-19(24-12-16)25-21(29)15-6-8-26(9-7-15)20(28)13-27-10-5-14-1-3-17(23)11-18(14)27/h1-5,10-12,15H,6-9,13H2,(H,24,25,29). The highest BCUT2D eigenvalue weighted by Gasteiger charge is 2.27. The molecule has 2 amide bonds. The van der Waals surface area contributed by atoms with Crippen molar-refractivity contribution in [2.75, 3.05) is 18.4 Å². The molecule has 3 heterocycles. The van der Waals surface area contributed by atoms with Crippen LogP contribution in [0.15, 0.2) is 53.3 Å². The summed E-state index contributed by atoms with van der Waals surface area (Å²) in [5.41, 5.74) is 0.946. The number of pyridine rings is 1. The van der Waals surface area contributed by atoms with Gasteiger partial charge in [0.15, 0.2) is 0 Å². The number of aromatic nitrogens is 2. The highest BCUT2D eigenvalue weighted by Crippen LogP contribution is 2.23. The van der Waals surface area contributed by atoms with Gasteiger partial charge in [0.25, 0.3) is 0 Å². The SMILES string of the molecule is O=C(Nc1ccc(Br)cn1)C1CCN(C(=O)Cn2ccc3ccc(Cl)cc32)CC1. The number of halogens is 2. The Kier molecular flexibility index (Phi) is 5.87. The number of nitrogens with one attached hydrogen (secondary N) is 1. The predicted octanol–water partition coefficient (Wildman–Crippen LogP) is 4.33. The van der Waals surface area contributed by atoms with Gasteiger partial charge in [0.1, 0.15) is 12.4 Å². The van der Waals surface area contributed by atoms with Crippen LogP contribution in [0.3, 0.4) is 0 Å². The van der Waals surface area contributed by atoms with Crippen molar-refractivity contribution in [1.29, 1.82) is 0 Å². The Labute approximate surface area is 182 Å². The number of carbonyl (C=O) groups is 2. The molecule has 1 aliphatic heterocycles. The van der Waals surface area contributed by atoms with Crippen LogP contribution in [0.5, 0.6) is 0 Å². The molecule has 0 radical (unpaired) electrons. The summed E-state index contributed by atoms with van der Waals surface area (Å²) in [6.45, 7) is 1.42. The van der Waals surface area contributed by atoms with Gasteiger partial charge < -0.3 is 14.8 Å². The average molecular weight is 476 g/mol. The molecule has 0 unspecified atom stereocenters. The summed E-state index contributed by atoms with van der Waals surface area (Å²) in [5, 5.41) is 4.56. The number of fused-ring (bicyclic) bond motifs is 1. The zero-order valence-corrected chi connectivity index (χ0v) is 18.0. The van der Waals surface area contributed by atoms with Gasteiger partial charge in [0.2, 0.25) is 11.8 Å². The monoisotopic (exact) mass is 474 g/mol. The molecule has 0 aliphatic carbocycles. The molecule has 29 heavy (non-hydrogen) atoms. The van der Waals surface area contributed by atoms with E-state index in [-0.39, 0.29) is 24.3 Å². The summed E-state index contributed by atoms with van der Waals surface area (Å²) in [5.74, 6) is 0.430. The van der Waals surface area contributed by atoms with Crippen molar-refractivity contribution in [3.8, 4) is 0 Å². The molecule has 0 bridgehead atoms. The van der Waals surface area contributed by atoms with Crippen molar-refractivity contribution in [3.63, 3.8) is 0 Å². The van der Waals surface area contributed by atoms with Gasteiger partial charge in [-0.05, 0) is 64.5 Å². The second kappa shape index (κ2) is 8.55. The van der Waals surface area contributed by atoms with Crippen LogP contribution in [-0.4, -0.2) is 39.4 Å². The van der Waals surface area contributed by atoms with Crippen molar-refractivity contribution in [2.24, 2.45) is 5.92 Å². The summed E-state index contributed by atoms with van der Waals surface area (Å²) in [4.78, 5) is 31.2. The Morgan fingerprint density at radius 2 is 1.97 bits per heavy atom. The third-order valence-corrected chi connectivity index (χ3v) is 5.94. The lowest BCUT2D eigenvalue weighted by Crippen LogP contribution is -2.42. The molecule has 1 N–H and O–H groups in total. The minimum Gasteiger partial charge on any atom is -0.341 e. The zero-order valence-electron chi connectivity index (χ0n) is 15.6. The van der Waals surface area contributed by atoms with Gasteiger partial charge in [-0.2, -0.15) is 0 Å². The van der Waals surface area contributed by atoms with E-state index in [9.17, 15) is 9.59 Å². The van der Waals surface area contributed by atoms with E-state index in [0.29, 0.717) is 36.8 Å². The Morgan fingerprint density at radius 3 is 2.69 bits per heavy atom. The Morgan fingerprint density at radius 1 is 1.17 bits per heavy atom. The molecule has 0 spiro atoms. The number of nitrogens with zero attached hydrogens (tertiary/aromatic N) is 3. The molecule has 8 heteroatoms. The van der Waals surface area contributed by atoms with E-state index in [1.807, 2.05) is 46.0 Å². The molecule has 4 rings (SSSR count). The second-order valence-electron chi connectivity index (χ2n) is 7.15. The van der Waals surface area contributed by atoms with Crippen molar-refractivity contribution in [2.45, 2.75) is 19.4 Å². The smallest absolute Gasteiger partial charge is 0.242 e. The third kappa shape index (κ3) is 4.62. The Balaban J connectivity index is 1.32. The van der Waals surface area contributed by atoms with Gasteiger partial charge in [-0.25, -0.2) is 4.98 Å². The zero-order chi connectivity index (χ0) is 20.4. The number of anilines is 1. The Hall–Kier alpha value is -2.38. The number of hydrogen-bond donors (Lipinski definition) is 1.